The molecule has 0 N–H and O–H groups in total. The largest absolute Gasteiger partial charge is 0.466 e. The van der Waals surface area contributed by atoms with Crippen LogP contribution in [0, 0.1) is 0 Å². The summed E-state index contributed by atoms with van der Waals surface area (Å²) in [6, 6.07) is 0. The van der Waals surface area contributed by atoms with E-state index in [1.807, 2.05) is 0 Å². The van der Waals surface area contributed by atoms with Crippen LogP contribution in [0.2, 0.25) is 0 Å². The Bertz CT molecular complexity index is 337. The molecule has 0 atom stereocenters. The van der Waals surface area contributed by atoms with Gasteiger partial charge in [-0.3, -0.25) is 4.79 Å². The van der Waals surface area contributed by atoms with Crippen LogP contribution in [0.25, 0.3) is 0 Å². The van der Waals surface area contributed by atoms with Crippen molar-refractivity contribution in [1.29, 1.82) is 0 Å². The van der Waals surface area contributed by atoms with E-state index in [1.54, 1.807) is 0 Å². The summed E-state index contributed by atoms with van der Waals surface area (Å²) >= 11 is 3.32. The average molecular weight is 415 g/mol. The van der Waals surface area contributed by atoms with E-state index in [0.29, 0.717) is 13.0 Å². The lowest BCUT2D eigenvalue weighted by Gasteiger charge is -2.04. The van der Waals surface area contributed by atoms with E-state index < -0.39 is 0 Å². The minimum absolute atomic E-state index is 0.0519. The highest BCUT2D eigenvalue weighted by molar-refractivity contribution is 9.09. The minimum Gasteiger partial charge on any atom is -0.466 e. The number of alkyl halides is 1. The highest BCUT2D eigenvalue weighted by Crippen LogP contribution is 2.09. The zero-order valence-corrected chi connectivity index (χ0v) is 17.9. The van der Waals surface area contributed by atoms with Gasteiger partial charge in [0.2, 0.25) is 0 Å². The molecule has 0 aliphatic carbocycles. The van der Waals surface area contributed by atoms with Gasteiger partial charge in [0.15, 0.2) is 0 Å². The third-order valence-corrected chi connectivity index (χ3v) is 4.68. The second kappa shape index (κ2) is 21.5. The van der Waals surface area contributed by atoms with Crippen molar-refractivity contribution in [3.8, 4) is 0 Å². The molecule has 0 aromatic heterocycles. The summed E-state index contributed by atoms with van der Waals surface area (Å²) in [4.78, 5) is 11.3. The van der Waals surface area contributed by atoms with E-state index in [2.05, 4.69) is 47.2 Å². The molecule has 0 rings (SSSR count). The van der Waals surface area contributed by atoms with E-state index in [1.165, 1.54) is 64.2 Å². The summed E-state index contributed by atoms with van der Waals surface area (Å²) in [6.07, 6.45) is 25.4. The van der Waals surface area contributed by atoms with Crippen molar-refractivity contribution in [3.05, 3.63) is 24.3 Å². The zero-order chi connectivity index (χ0) is 18.4. The lowest BCUT2D eigenvalue weighted by Crippen LogP contribution is -2.05. The molecule has 2 nitrogen and oxygen atoms in total. The fourth-order valence-corrected chi connectivity index (χ4v) is 2.83. The standard InChI is InChI=1S/C22H39BrO2/c1-2-3-4-5-6-7-8-9-10-11-12-13-14-15-16-17-21-25-22(24)19-18-20-23/h5-6,8-9H,2-4,7,10-21H2,1H3. The molecule has 0 unspecified atom stereocenters. The Morgan fingerprint density at radius 2 is 1.40 bits per heavy atom. The quantitative estimate of drug-likeness (QED) is 0.100. The molecule has 0 amide bonds. The highest BCUT2D eigenvalue weighted by Gasteiger charge is 2.01. The Morgan fingerprint density at radius 3 is 2.04 bits per heavy atom. The number of allylic oxidation sites excluding steroid dienone is 4. The number of ether oxygens (including phenoxy) is 1. The van der Waals surface area contributed by atoms with Crippen LogP contribution < -0.4 is 0 Å². The van der Waals surface area contributed by atoms with Crippen LogP contribution in [0.1, 0.15) is 96.8 Å². The zero-order valence-electron chi connectivity index (χ0n) is 16.3. The molecule has 0 bridgehead atoms. The first-order chi connectivity index (χ1) is 12.3. The second-order valence-electron chi connectivity index (χ2n) is 6.60. The van der Waals surface area contributed by atoms with Crippen LogP contribution in [-0.2, 0) is 9.53 Å². The van der Waals surface area contributed by atoms with Gasteiger partial charge in [-0.1, -0.05) is 92.1 Å². The van der Waals surface area contributed by atoms with Crippen LogP contribution >= 0.6 is 15.9 Å². The maximum Gasteiger partial charge on any atom is 0.305 e. The molecule has 25 heavy (non-hydrogen) atoms. The average Bonchev–Trinajstić information content (AvgIpc) is 2.62. The van der Waals surface area contributed by atoms with Crippen LogP contribution in [-0.4, -0.2) is 17.9 Å². The second-order valence-corrected chi connectivity index (χ2v) is 7.39. The Kier molecular flexibility index (Phi) is 21.0. The van der Waals surface area contributed by atoms with Crippen molar-refractivity contribution in [2.45, 2.75) is 96.8 Å². The summed E-state index contributed by atoms with van der Waals surface area (Å²) in [6.45, 7) is 2.83. The first-order valence-electron chi connectivity index (χ1n) is 10.3. The number of halogens is 1. The minimum atomic E-state index is -0.0519. The van der Waals surface area contributed by atoms with Crippen molar-refractivity contribution in [1.82, 2.24) is 0 Å². The smallest absolute Gasteiger partial charge is 0.305 e. The van der Waals surface area contributed by atoms with Gasteiger partial charge in [-0.2, -0.15) is 0 Å². The van der Waals surface area contributed by atoms with Crippen molar-refractivity contribution >= 4 is 21.9 Å². The number of unbranched alkanes of at least 4 members (excludes halogenated alkanes) is 9. The van der Waals surface area contributed by atoms with Crippen molar-refractivity contribution in [3.63, 3.8) is 0 Å². The van der Waals surface area contributed by atoms with E-state index in [4.69, 9.17) is 4.74 Å². The first-order valence-corrected chi connectivity index (χ1v) is 11.4. The monoisotopic (exact) mass is 414 g/mol. The number of carbonyl (C=O) groups excluding carboxylic acids is 1. The molecule has 0 radical (unpaired) electrons. The maximum absolute atomic E-state index is 11.3. The van der Waals surface area contributed by atoms with Crippen molar-refractivity contribution in [2.24, 2.45) is 0 Å². The predicted octanol–water partition coefficient (Wildman–Crippen LogP) is 7.52. The molecular formula is C22H39BrO2. The summed E-state index contributed by atoms with van der Waals surface area (Å²) < 4.78 is 5.19. The topological polar surface area (TPSA) is 26.3 Å². The molecule has 0 aliphatic rings. The Morgan fingerprint density at radius 1 is 0.800 bits per heavy atom. The van der Waals surface area contributed by atoms with Gasteiger partial charge in [0.05, 0.1) is 6.61 Å². The Hall–Kier alpha value is -0.570. The highest BCUT2D eigenvalue weighted by atomic mass is 79.9. The van der Waals surface area contributed by atoms with Crippen molar-refractivity contribution < 1.29 is 9.53 Å². The number of esters is 1. The Labute approximate surface area is 164 Å². The third-order valence-electron chi connectivity index (χ3n) is 4.12. The van der Waals surface area contributed by atoms with Crippen LogP contribution in [0.5, 0.6) is 0 Å². The molecule has 0 spiro atoms. The normalized spacial score (nSPS) is 11.6. The van der Waals surface area contributed by atoms with Crippen molar-refractivity contribution in [2.75, 3.05) is 11.9 Å². The summed E-state index contributed by atoms with van der Waals surface area (Å²) in [7, 11) is 0. The van der Waals surface area contributed by atoms with Crippen LogP contribution in [0.15, 0.2) is 24.3 Å². The number of hydrogen-bond acceptors (Lipinski definition) is 2. The number of rotatable bonds is 18. The molecule has 0 aromatic carbocycles. The molecular weight excluding hydrogens is 376 g/mol. The van der Waals surface area contributed by atoms with Crippen LogP contribution in [0.4, 0.5) is 0 Å². The van der Waals surface area contributed by atoms with E-state index in [9.17, 15) is 4.79 Å². The van der Waals surface area contributed by atoms with Gasteiger partial charge >= 0.3 is 5.97 Å². The van der Waals surface area contributed by atoms with Crippen LogP contribution in [0.3, 0.4) is 0 Å². The van der Waals surface area contributed by atoms with Gasteiger partial charge in [-0.15, -0.1) is 0 Å². The molecule has 3 heteroatoms. The number of carbonyl (C=O) groups is 1. The summed E-state index contributed by atoms with van der Waals surface area (Å²) in [5, 5.41) is 0.869. The summed E-state index contributed by atoms with van der Waals surface area (Å²) in [5.41, 5.74) is 0. The molecule has 0 aromatic rings. The maximum atomic E-state index is 11.3. The molecule has 146 valence electrons. The van der Waals surface area contributed by atoms with E-state index in [-0.39, 0.29) is 5.97 Å². The van der Waals surface area contributed by atoms with Gasteiger partial charge in [-0.05, 0) is 38.5 Å². The predicted molar refractivity (Wildman–Crippen MR) is 113 cm³/mol. The molecule has 0 aliphatic heterocycles. The van der Waals surface area contributed by atoms with Gasteiger partial charge < -0.3 is 4.74 Å². The molecule has 0 fully saturated rings. The lowest BCUT2D eigenvalue weighted by atomic mass is 10.1. The number of hydrogen-bond donors (Lipinski definition) is 0. The molecule has 0 heterocycles. The Balaban J connectivity index is 3.18. The first kappa shape index (κ1) is 24.4. The molecule has 0 saturated carbocycles. The molecule has 0 saturated heterocycles. The van der Waals surface area contributed by atoms with Gasteiger partial charge in [-0.25, -0.2) is 0 Å². The fraction of sp³-hybridized carbons (Fsp3) is 0.773. The van der Waals surface area contributed by atoms with E-state index >= 15 is 0 Å². The summed E-state index contributed by atoms with van der Waals surface area (Å²) in [5.74, 6) is -0.0519. The third kappa shape index (κ3) is 21.4. The SMILES string of the molecule is CCCCC=CCC=CCCCCCCCCCOC(=O)CCCBr. The van der Waals surface area contributed by atoms with E-state index in [0.717, 1.165) is 24.6 Å². The fourth-order valence-electron chi connectivity index (χ4n) is 2.55. The van der Waals surface area contributed by atoms with Gasteiger partial charge in [0.1, 0.15) is 0 Å². The lowest BCUT2D eigenvalue weighted by molar-refractivity contribution is -0.143. The van der Waals surface area contributed by atoms with Gasteiger partial charge in [0, 0.05) is 11.8 Å². The van der Waals surface area contributed by atoms with Gasteiger partial charge in [0.25, 0.3) is 0 Å².